The molecule has 0 aromatic heterocycles. The molecule has 0 amide bonds. The number of nitrogens with one attached hydrogen (secondary N) is 1. The zero-order valence-corrected chi connectivity index (χ0v) is 11.8. The van der Waals surface area contributed by atoms with Crippen molar-refractivity contribution >= 4 is 11.8 Å². The fourth-order valence-corrected chi connectivity index (χ4v) is 2.10. The topological polar surface area (TPSA) is 15.3 Å². The maximum atomic E-state index is 3.46. The van der Waals surface area contributed by atoms with Crippen LogP contribution < -0.4 is 5.32 Å². The minimum atomic E-state index is 1.05. The van der Waals surface area contributed by atoms with Crippen LogP contribution in [0.15, 0.2) is 30.3 Å². The van der Waals surface area contributed by atoms with Crippen LogP contribution in [0.4, 0.5) is 0 Å². The molecule has 3 heteroatoms. The lowest BCUT2D eigenvalue weighted by Crippen LogP contribution is -2.25. The second kappa shape index (κ2) is 9.51. The van der Waals surface area contributed by atoms with Gasteiger partial charge in [-0.3, -0.25) is 0 Å². The van der Waals surface area contributed by atoms with Crippen molar-refractivity contribution in [3.8, 4) is 0 Å². The van der Waals surface area contributed by atoms with Gasteiger partial charge in [0.1, 0.15) is 0 Å². The minimum absolute atomic E-state index is 1.05. The molecule has 96 valence electrons. The third-order valence-electron chi connectivity index (χ3n) is 2.67. The maximum absolute atomic E-state index is 3.46. The molecule has 2 nitrogen and oxygen atoms in total. The molecule has 0 atom stereocenters. The van der Waals surface area contributed by atoms with Crippen LogP contribution in [-0.4, -0.2) is 43.6 Å². The van der Waals surface area contributed by atoms with Gasteiger partial charge in [0.15, 0.2) is 0 Å². The van der Waals surface area contributed by atoms with Gasteiger partial charge in [0.2, 0.25) is 0 Å². The lowest BCUT2D eigenvalue weighted by Gasteiger charge is -2.16. The number of hydrogen-bond donors (Lipinski definition) is 1. The largest absolute Gasteiger partial charge is 0.316 e. The van der Waals surface area contributed by atoms with Gasteiger partial charge in [-0.25, -0.2) is 0 Å². The predicted molar refractivity (Wildman–Crippen MR) is 78.6 cm³/mol. The van der Waals surface area contributed by atoms with Gasteiger partial charge in [-0.2, -0.15) is 11.8 Å². The molecule has 0 fully saturated rings. The van der Waals surface area contributed by atoms with E-state index < -0.39 is 0 Å². The molecule has 0 saturated carbocycles. The van der Waals surface area contributed by atoms with Crippen LogP contribution in [0.25, 0.3) is 0 Å². The number of rotatable bonds is 9. The highest BCUT2D eigenvalue weighted by atomic mass is 32.2. The molecule has 0 aliphatic rings. The van der Waals surface area contributed by atoms with E-state index >= 15 is 0 Å². The molecule has 1 rings (SSSR count). The Morgan fingerprint density at radius 1 is 1.18 bits per heavy atom. The van der Waals surface area contributed by atoms with Crippen LogP contribution in [0.2, 0.25) is 0 Å². The van der Waals surface area contributed by atoms with Crippen LogP contribution in [0.5, 0.6) is 0 Å². The Balaban J connectivity index is 2.03. The summed E-state index contributed by atoms with van der Waals surface area (Å²) < 4.78 is 0. The standard InChI is InChI=1S/C14H24N2S/c1-16(11-6-9-15-10-12-17-2)13-14-7-4-3-5-8-14/h3-5,7-8,15H,6,9-13H2,1-2H3. The first-order valence-corrected chi connectivity index (χ1v) is 7.64. The number of hydrogen-bond acceptors (Lipinski definition) is 3. The first-order chi connectivity index (χ1) is 8.33. The molecule has 0 spiro atoms. The van der Waals surface area contributed by atoms with Crippen molar-refractivity contribution in [1.82, 2.24) is 10.2 Å². The second-order valence-corrected chi connectivity index (χ2v) is 5.31. The van der Waals surface area contributed by atoms with Crippen LogP contribution in [-0.2, 0) is 6.54 Å². The molecule has 0 saturated heterocycles. The highest BCUT2D eigenvalue weighted by molar-refractivity contribution is 7.98. The molecule has 1 aromatic carbocycles. The predicted octanol–water partition coefficient (Wildman–Crippen LogP) is 2.46. The quantitative estimate of drug-likeness (QED) is 0.680. The Bertz CT molecular complexity index is 277. The fourth-order valence-electron chi connectivity index (χ4n) is 1.75. The van der Waals surface area contributed by atoms with E-state index in [1.807, 2.05) is 11.8 Å². The molecule has 0 radical (unpaired) electrons. The molecule has 0 heterocycles. The molecule has 1 N–H and O–H groups in total. The molecule has 1 aromatic rings. The number of thioether (sulfide) groups is 1. The van der Waals surface area contributed by atoms with Gasteiger partial charge in [-0.05, 0) is 38.4 Å². The molecule has 0 bridgehead atoms. The summed E-state index contributed by atoms with van der Waals surface area (Å²) in [5, 5.41) is 3.46. The van der Waals surface area contributed by atoms with E-state index in [0.29, 0.717) is 0 Å². The Morgan fingerprint density at radius 2 is 1.94 bits per heavy atom. The van der Waals surface area contributed by atoms with Gasteiger partial charge in [0, 0.05) is 18.8 Å². The average molecular weight is 252 g/mol. The SMILES string of the molecule is CSCCNCCCN(C)Cc1ccccc1. The summed E-state index contributed by atoms with van der Waals surface area (Å²) in [7, 11) is 2.19. The van der Waals surface area contributed by atoms with Crippen molar-refractivity contribution in [2.24, 2.45) is 0 Å². The maximum Gasteiger partial charge on any atom is 0.0230 e. The number of benzene rings is 1. The van der Waals surface area contributed by atoms with E-state index in [-0.39, 0.29) is 0 Å². The average Bonchev–Trinajstić information content (AvgIpc) is 2.35. The van der Waals surface area contributed by atoms with Gasteiger partial charge in [0.05, 0.1) is 0 Å². The summed E-state index contributed by atoms with van der Waals surface area (Å²) in [6.07, 6.45) is 3.37. The van der Waals surface area contributed by atoms with Crippen molar-refractivity contribution in [1.29, 1.82) is 0 Å². The van der Waals surface area contributed by atoms with Crippen molar-refractivity contribution in [2.75, 3.05) is 38.7 Å². The summed E-state index contributed by atoms with van der Waals surface area (Å²) in [4.78, 5) is 2.38. The third kappa shape index (κ3) is 7.42. The van der Waals surface area contributed by atoms with Crippen molar-refractivity contribution in [3.05, 3.63) is 35.9 Å². The van der Waals surface area contributed by atoms with E-state index in [9.17, 15) is 0 Å². The smallest absolute Gasteiger partial charge is 0.0230 e. The molecule has 0 aliphatic heterocycles. The summed E-state index contributed by atoms with van der Waals surface area (Å²) in [6, 6.07) is 10.7. The molecule has 17 heavy (non-hydrogen) atoms. The first kappa shape index (κ1) is 14.6. The lowest BCUT2D eigenvalue weighted by atomic mass is 10.2. The lowest BCUT2D eigenvalue weighted by molar-refractivity contribution is 0.320. The zero-order valence-electron chi connectivity index (χ0n) is 11.0. The Labute approximate surface area is 110 Å². The van der Waals surface area contributed by atoms with Crippen molar-refractivity contribution < 1.29 is 0 Å². The van der Waals surface area contributed by atoms with Gasteiger partial charge >= 0.3 is 0 Å². The highest BCUT2D eigenvalue weighted by Crippen LogP contribution is 2.02. The monoisotopic (exact) mass is 252 g/mol. The Kier molecular flexibility index (Phi) is 8.14. The Hall–Kier alpha value is -0.510. The van der Waals surface area contributed by atoms with Crippen LogP contribution >= 0.6 is 11.8 Å². The summed E-state index contributed by atoms with van der Waals surface area (Å²) >= 11 is 1.89. The van der Waals surface area contributed by atoms with E-state index in [0.717, 1.165) is 26.2 Å². The van der Waals surface area contributed by atoms with Crippen molar-refractivity contribution in [2.45, 2.75) is 13.0 Å². The molecular weight excluding hydrogens is 228 g/mol. The molecule has 0 unspecified atom stereocenters. The normalized spacial score (nSPS) is 11.0. The second-order valence-electron chi connectivity index (χ2n) is 4.32. The van der Waals surface area contributed by atoms with E-state index in [2.05, 4.69) is 53.9 Å². The highest BCUT2D eigenvalue weighted by Gasteiger charge is 1.99. The van der Waals surface area contributed by atoms with Gasteiger partial charge in [0.25, 0.3) is 0 Å². The number of nitrogens with zero attached hydrogens (tertiary/aromatic N) is 1. The van der Waals surface area contributed by atoms with Gasteiger partial charge in [-0.15, -0.1) is 0 Å². The van der Waals surface area contributed by atoms with E-state index in [1.54, 1.807) is 0 Å². The fraction of sp³-hybridized carbons (Fsp3) is 0.571. The third-order valence-corrected chi connectivity index (χ3v) is 3.28. The van der Waals surface area contributed by atoms with Crippen LogP contribution in [0.3, 0.4) is 0 Å². The van der Waals surface area contributed by atoms with Crippen LogP contribution in [0, 0.1) is 0 Å². The zero-order chi connectivity index (χ0) is 12.3. The minimum Gasteiger partial charge on any atom is -0.316 e. The molecular formula is C14H24N2S. The van der Waals surface area contributed by atoms with E-state index in [1.165, 1.54) is 17.7 Å². The van der Waals surface area contributed by atoms with E-state index in [4.69, 9.17) is 0 Å². The van der Waals surface area contributed by atoms with Gasteiger partial charge < -0.3 is 10.2 Å². The van der Waals surface area contributed by atoms with Crippen molar-refractivity contribution in [3.63, 3.8) is 0 Å². The summed E-state index contributed by atoms with van der Waals surface area (Å²) in [6.45, 7) is 4.45. The van der Waals surface area contributed by atoms with Crippen LogP contribution in [0.1, 0.15) is 12.0 Å². The summed E-state index contributed by atoms with van der Waals surface area (Å²) in [5.41, 5.74) is 1.39. The van der Waals surface area contributed by atoms with Gasteiger partial charge in [-0.1, -0.05) is 30.3 Å². The Morgan fingerprint density at radius 3 is 2.65 bits per heavy atom. The molecule has 0 aliphatic carbocycles. The summed E-state index contributed by atoms with van der Waals surface area (Å²) in [5.74, 6) is 1.21. The first-order valence-electron chi connectivity index (χ1n) is 6.25.